The minimum Gasteiger partial charge on any atom is -0.456 e. The zero-order valence-corrected chi connectivity index (χ0v) is 20.2. The van der Waals surface area contributed by atoms with Crippen LogP contribution in [0.1, 0.15) is 0 Å². The number of benzene rings is 5. The summed E-state index contributed by atoms with van der Waals surface area (Å²) in [6.07, 6.45) is 0. The molecular formula is C32H21BN2O3. The van der Waals surface area contributed by atoms with Crippen LogP contribution in [-0.2, 0) is 0 Å². The lowest BCUT2D eigenvalue weighted by atomic mass is 9.79. The van der Waals surface area contributed by atoms with E-state index in [0.717, 1.165) is 49.6 Å². The molecule has 180 valence electrons. The zero-order valence-electron chi connectivity index (χ0n) is 20.2. The van der Waals surface area contributed by atoms with Gasteiger partial charge in [-0.25, -0.2) is 9.97 Å². The summed E-state index contributed by atoms with van der Waals surface area (Å²) in [5.41, 5.74) is 5.86. The zero-order chi connectivity index (χ0) is 25.6. The van der Waals surface area contributed by atoms with Gasteiger partial charge in [0.05, 0.1) is 11.4 Å². The topological polar surface area (TPSA) is 79.4 Å². The molecule has 7 rings (SSSR count). The van der Waals surface area contributed by atoms with Crippen LogP contribution in [0.2, 0.25) is 0 Å². The third-order valence-electron chi connectivity index (χ3n) is 6.93. The van der Waals surface area contributed by atoms with Gasteiger partial charge in [0.2, 0.25) is 0 Å². The van der Waals surface area contributed by atoms with E-state index in [2.05, 4.69) is 24.3 Å². The molecule has 6 heteroatoms. The van der Waals surface area contributed by atoms with Gasteiger partial charge in [-0.1, -0.05) is 103 Å². The first-order valence-electron chi connectivity index (χ1n) is 12.4. The molecule has 7 aromatic rings. The van der Waals surface area contributed by atoms with Crippen molar-refractivity contribution >= 4 is 45.3 Å². The SMILES string of the molecule is OB(O)c1cccc2c1oc1cccc(-c3nc(-c4ccccc4)cc(-c4cccc5ccccc45)n3)c12. The van der Waals surface area contributed by atoms with Crippen LogP contribution < -0.4 is 5.46 Å². The Bertz CT molecular complexity index is 1960. The van der Waals surface area contributed by atoms with E-state index in [0.29, 0.717) is 22.5 Å². The second-order valence-electron chi connectivity index (χ2n) is 9.23. The summed E-state index contributed by atoms with van der Waals surface area (Å²) in [6, 6.07) is 37.8. The molecule has 0 unspecified atom stereocenters. The van der Waals surface area contributed by atoms with Gasteiger partial charge in [-0.15, -0.1) is 0 Å². The molecule has 0 aliphatic heterocycles. The fourth-order valence-corrected chi connectivity index (χ4v) is 5.17. The number of aromatic nitrogens is 2. The van der Waals surface area contributed by atoms with Gasteiger partial charge in [0.25, 0.3) is 0 Å². The highest BCUT2D eigenvalue weighted by Crippen LogP contribution is 2.37. The average molecular weight is 492 g/mol. The van der Waals surface area contributed by atoms with E-state index in [1.54, 1.807) is 12.1 Å². The van der Waals surface area contributed by atoms with Crippen LogP contribution in [0.4, 0.5) is 0 Å². The summed E-state index contributed by atoms with van der Waals surface area (Å²) in [5.74, 6) is 0.567. The highest BCUT2D eigenvalue weighted by atomic mass is 16.4. The molecule has 0 bridgehead atoms. The maximum absolute atomic E-state index is 9.92. The Labute approximate surface area is 218 Å². The normalized spacial score (nSPS) is 11.4. The summed E-state index contributed by atoms with van der Waals surface area (Å²) in [5, 5.41) is 23.7. The van der Waals surface area contributed by atoms with Gasteiger partial charge < -0.3 is 14.5 Å². The molecule has 5 aromatic carbocycles. The van der Waals surface area contributed by atoms with Gasteiger partial charge in [-0.2, -0.15) is 0 Å². The van der Waals surface area contributed by atoms with Gasteiger partial charge in [0, 0.05) is 32.9 Å². The number of hydrogen-bond donors (Lipinski definition) is 2. The van der Waals surface area contributed by atoms with Crippen LogP contribution in [0, 0.1) is 0 Å². The van der Waals surface area contributed by atoms with Crippen molar-refractivity contribution in [3.63, 3.8) is 0 Å². The van der Waals surface area contributed by atoms with Crippen LogP contribution in [0.5, 0.6) is 0 Å². The quantitative estimate of drug-likeness (QED) is 0.286. The van der Waals surface area contributed by atoms with E-state index in [9.17, 15) is 10.0 Å². The molecule has 2 aromatic heterocycles. The number of rotatable bonds is 4. The van der Waals surface area contributed by atoms with Crippen LogP contribution in [0.3, 0.4) is 0 Å². The van der Waals surface area contributed by atoms with Crippen molar-refractivity contribution in [1.82, 2.24) is 9.97 Å². The number of nitrogens with zero attached hydrogens (tertiary/aromatic N) is 2. The molecule has 0 fully saturated rings. The maximum atomic E-state index is 9.92. The van der Waals surface area contributed by atoms with Crippen molar-refractivity contribution in [2.45, 2.75) is 0 Å². The molecule has 5 nitrogen and oxygen atoms in total. The molecule has 0 spiro atoms. The van der Waals surface area contributed by atoms with E-state index < -0.39 is 7.12 Å². The first kappa shape index (κ1) is 22.4. The van der Waals surface area contributed by atoms with E-state index >= 15 is 0 Å². The standard InChI is InChI=1S/C32H21BN2O3/c36-33(37)26-17-7-15-24-30-25(16-8-18-29(30)38-31(24)26)32-34-27(21-10-2-1-3-11-21)19-28(35-32)23-14-6-12-20-9-4-5-13-22(20)23/h1-19,36-37H. The Morgan fingerprint density at radius 2 is 1.29 bits per heavy atom. The summed E-state index contributed by atoms with van der Waals surface area (Å²) in [7, 11) is -1.64. The van der Waals surface area contributed by atoms with Gasteiger partial charge in [0.1, 0.15) is 11.2 Å². The second kappa shape index (κ2) is 8.96. The molecule has 0 radical (unpaired) electrons. The van der Waals surface area contributed by atoms with Crippen molar-refractivity contribution in [3.8, 4) is 33.9 Å². The molecule has 0 saturated heterocycles. The third-order valence-corrected chi connectivity index (χ3v) is 6.93. The van der Waals surface area contributed by atoms with E-state index in [4.69, 9.17) is 14.4 Å². The predicted octanol–water partition coefficient (Wildman–Crippen LogP) is 6.21. The molecule has 38 heavy (non-hydrogen) atoms. The molecule has 0 aliphatic carbocycles. The molecule has 2 heterocycles. The number of fused-ring (bicyclic) bond motifs is 4. The predicted molar refractivity (Wildman–Crippen MR) is 153 cm³/mol. The number of hydrogen-bond acceptors (Lipinski definition) is 5. The summed E-state index contributed by atoms with van der Waals surface area (Å²) >= 11 is 0. The van der Waals surface area contributed by atoms with Gasteiger partial charge >= 0.3 is 7.12 Å². The number of para-hydroxylation sites is 1. The van der Waals surface area contributed by atoms with Crippen molar-refractivity contribution in [2.24, 2.45) is 0 Å². The molecule has 0 aliphatic rings. The molecule has 2 N–H and O–H groups in total. The first-order valence-corrected chi connectivity index (χ1v) is 12.4. The Balaban J connectivity index is 1.54. The lowest BCUT2D eigenvalue weighted by Gasteiger charge is -2.12. The highest BCUT2D eigenvalue weighted by Gasteiger charge is 2.22. The van der Waals surface area contributed by atoms with Gasteiger partial charge in [-0.05, 0) is 22.9 Å². The lowest BCUT2D eigenvalue weighted by molar-refractivity contribution is 0.425. The van der Waals surface area contributed by atoms with E-state index in [1.165, 1.54) is 0 Å². The fraction of sp³-hybridized carbons (Fsp3) is 0. The molecule has 0 amide bonds. The average Bonchev–Trinajstić information content (AvgIpc) is 3.36. The summed E-state index contributed by atoms with van der Waals surface area (Å²) in [6.45, 7) is 0. The fourth-order valence-electron chi connectivity index (χ4n) is 5.17. The van der Waals surface area contributed by atoms with Crippen LogP contribution in [0.15, 0.2) is 120 Å². The van der Waals surface area contributed by atoms with Crippen LogP contribution in [0.25, 0.3) is 66.6 Å². The monoisotopic (exact) mass is 492 g/mol. The lowest BCUT2D eigenvalue weighted by Crippen LogP contribution is -2.29. The Kier molecular flexibility index (Phi) is 5.29. The molecular weight excluding hydrogens is 471 g/mol. The Hall–Kier alpha value is -4.78. The molecule has 0 saturated carbocycles. The minimum absolute atomic E-state index is 0.319. The second-order valence-corrected chi connectivity index (χ2v) is 9.23. The largest absolute Gasteiger partial charge is 0.492 e. The summed E-state index contributed by atoms with van der Waals surface area (Å²) < 4.78 is 6.12. The van der Waals surface area contributed by atoms with Crippen molar-refractivity contribution in [3.05, 3.63) is 115 Å². The van der Waals surface area contributed by atoms with Crippen molar-refractivity contribution in [2.75, 3.05) is 0 Å². The molecule has 0 atom stereocenters. The van der Waals surface area contributed by atoms with Gasteiger partial charge in [0.15, 0.2) is 5.82 Å². The Morgan fingerprint density at radius 3 is 2.16 bits per heavy atom. The minimum atomic E-state index is -1.64. The third kappa shape index (κ3) is 3.66. The Morgan fingerprint density at radius 1 is 0.605 bits per heavy atom. The van der Waals surface area contributed by atoms with Crippen LogP contribution in [-0.4, -0.2) is 27.1 Å². The number of furan rings is 1. The van der Waals surface area contributed by atoms with E-state index in [1.807, 2.05) is 78.9 Å². The summed E-state index contributed by atoms with van der Waals surface area (Å²) in [4.78, 5) is 10.1. The van der Waals surface area contributed by atoms with Gasteiger partial charge in [-0.3, -0.25) is 0 Å². The van der Waals surface area contributed by atoms with Crippen molar-refractivity contribution in [1.29, 1.82) is 0 Å². The first-order chi connectivity index (χ1) is 18.7. The smallest absolute Gasteiger partial charge is 0.456 e. The highest BCUT2D eigenvalue weighted by molar-refractivity contribution is 6.61. The van der Waals surface area contributed by atoms with Crippen molar-refractivity contribution < 1.29 is 14.5 Å². The van der Waals surface area contributed by atoms with Crippen LogP contribution >= 0.6 is 0 Å². The van der Waals surface area contributed by atoms with E-state index in [-0.39, 0.29) is 0 Å². The maximum Gasteiger partial charge on any atom is 0.492 e.